The second-order valence-electron chi connectivity index (χ2n) is 4.96. The Hall–Kier alpha value is -1.51. The van der Waals surface area contributed by atoms with Crippen molar-refractivity contribution in [2.45, 2.75) is 25.7 Å². The van der Waals surface area contributed by atoms with Crippen molar-refractivity contribution in [1.82, 2.24) is 0 Å². The Morgan fingerprint density at radius 3 is 2.61 bits per heavy atom. The minimum Gasteiger partial charge on any atom is -0.497 e. The zero-order chi connectivity index (χ0) is 13.0. The van der Waals surface area contributed by atoms with Crippen LogP contribution in [0.1, 0.15) is 25.7 Å². The number of benzene rings is 1. The van der Waals surface area contributed by atoms with Gasteiger partial charge in [-0.25, -0.2) is 0 Å². The lowest BCUT2D eigenvalue weighted by Gasteiger charge is -2.21. The van der Waals surface area contributed by atoms with E-state index in [1.807, 2.05) is 12.1 Å². The predicted octanol–water partition coefficient (Wildman–Crippen LogP) is 2.89. The molecule has 1 atom stereocenters. The van der Waals surface area contributed by atoms with Crippen molar-refractivity contribution in [1.29, 1.82) is 0 Å². The van der Waals surface area contributed by atoms with E-state index in [1.165, 1.54) is 5.69 Å². The summed E-state index contributed by atoms with van der Waals surface area (Å²) in [5.41, 5.74) is 1.17. The molecule has 1 fully saturated rings. The van der Waals surface area contributed by atoms with Crippen LogP contribution in [0.15, 0.2) is 24.3 Å². The summed E-state index contributed by atoms with van der Waals surface area (Å²) in [5, 5.41) is 0. The van der Waals surface area contributed by atoms with E-state index >= 15 is 0 Å². The zero-order valence-corrected chi connectivity index (χ0v) is 11.2. The summed E-state index contributed by atoms with van der Waals surface area (Å²) >= 11 is 0. The lowest BCUT2D eigenvalue weighted by molar-refractivity contribution is -0.120. The van der Waals surface area contributed by atoms with E-state index in [1.54, 1.807) is 7.11 Å². The first-order chi connectivity index (χ1) is 8.70. The average molecular weight is 247 g/mol. The van der Waals surface area contributed by atoms with Gasteiger partial charge in [0.25, 0.3) is 0 Å². The molecular weight excluding hydrogens is 226 g/mol. The third kappa shape index (κ3) is 3.03. The molecule has 0 aliphatic heterocycles. The molecule has 0 saturated heterocycles. The predicted molar refractivity (Wildman–Crippen MR) is 73.2 cm³/mol. The lowest BCUT2D eigenvalue weighted by Crippen LogP contribution is -2.22. The quantitative estimate of drug-likeness (QED) is 0.801. The van der Waals surface area contributed by atoms with E-state index < -0.39 is 0 Å². The summed E-state index contributed by atoms with van der Waals surface area (Å²) < 4.78 is 5.14. The van der Waals surface area contributed by atoms with Crippen LogP contribution in [0.3, 0.4) is 0 Å². The molecule has 1 saturated carbocycles. The molecule has 0 bridgehead atoms. The number of carbonyl (C=O) groups excluding carboxylic acids is 1. The third-order valence-electron chi connectivity index (χ3n) is 3.76. The maximum Gasteiger partial charge on any atom is 0.136 e. The van der Waals surface area contributed by atoms with Crippen LogP contribution in [0.25, 0.3) is 0 Å². The van der Waals surface area contributed by atoms with E-state index in [2.05, 4.69) is 24.1 Å². The molecule has 3 nitrogen and oxygen atoms in total. The van der Waals surface area contributed by atoms with Crippen LogP contribution in [0.4, 0.5) is 5.69 Å². The Kier molecular flexibility index (Phi) is 4.24. The second kappa shape index (κ2) is 5.89. The molecule has 1 aliphatic rings. The van der Waals surface area contributed by atoms with Gasteiger partial charge < -0.3 is 9.64 Å². The number of methoxy groups -OCH3 is 1. The highest BCUT2D eigenvalue weighted by molar-refractivity contribution is 5.82. The highest BCUT2D eigenvalue weighted by Crippen LogP contribution is 2.25. The van der Waals surface area contributed by atoms with Crippen LogP contribution < -0.4 is 9.64 Å². The normalized spacial score (nSPS) is 19.0. The second-order valence-corrected chi connectivity index (χ2v) is 4.96. The number of hydrogen-bond donors (Lipinski definition) is 0. The molecule has 3 heteroatoms. The minimum atomic E-state index is 0.297. The molecule has 0 aromatic heterocycles. The molecule has 0 N–H and O–H groups in total. The molecule has 0 radical (unpaired) electrons. The fourth-order valence-corrected chi connectivity index (χ4v) is 2.51. The maximum atomic E-state index is 11.6. The first-order valence-electron chi connectivity index (χ1n) is 6.58. The highest BCUT2D eigenvalue weighted by Gasteiger charge is 2.24. The summed E-state index contributed by atoms with van der Waals surface area (Å²) in [6, 6.07) is 8.03. The molecule has 98 valence electrons. The van der Waals surface area contributed by atoms with E-state index in [0.29, 0.717) is 11.7 Å². The standard InChI is InChI=1S/C15H21NO2/c1-16(11-10-12-4-3-5-15(12)17)13-6-8-14(18-2)9-7-13/h6-9,12H,3-5,10-11H2,1-2H3. The van der Waals surface area contributed by atoms with Crippen molar-refractivity contribution in [3.05, 3.63) is 24.3 Å². The van der Waals surface area contributed by atoms with E-state index in [-0.39, 0.29) is 0 Å². The molecule has 1 aromatic rings. The average Bonchev–Trinajstić information content (AvgIpc) is 2.81. The molecular formula is C15H21NO2. The molecule has 1 aliphatic carbocycles. The van der Waals surface area contributed by atoms with Gasteiger partial charge in [0.05, 0.1) is 7.11 Å². The summed E-state index contributed by atoms with van der Waals surface area (Å²) in [4.78, 5) is 13.8. The lowest BCUT2D eigenvalue weighted by atomic mass is 10.0. The first-order valence-corrected chi connectivity index (χ1v) is 6.58. The molecule has 18 heavy (non-hydrogen) atoms. The minimum absolute atomic E-state index is 0.297. The zero-order valence-electron chi connectivity index (χ0n) is 11.2. The largest absolute Gasteiger partial charge is 0.497 e. The summed E-state index contributed by atoms with van der Waals surface area (Å²) in [5.74, 6) is 1.63. The van der Waals surface area contributed by atoms with E-state index in [9.17, 15) is 4.79 Å². The van der Waals surface area contributed by atoms with Gasteiger partial charge in [-0.05, 0) is 43.5 Å². The molecule has 2 rings (SSSR count). The Morgan fingerprint density at radius 2 is 2.06 bits per heavy atom. The third-order valence-corrected chi connectivity index (χ3v) is 3.76. The Labute approximate surface area is 109 Å². The molecule has 0 spiro atoms. The Balaban J connectivity index is 1.86. The Morgan fingerprint density at radius 1 is 1.33 bits per heavy atom. The fraction of sp³-hybridized carbons (Fsp3) is 0.533. The van der Waals surface area contributed by atoms with Crippen LogP contribution in [-0.4, -0.2) is 26.5 Å². The summed E-state index contributed by atoms with van der Waals surface area (Å²) in [7, 11) is 3.74. The van der Waals surface area contributed by atoms with Crippen LogP contribution in [0.2, 0.25) is 0 Å². The number of anilines is 1. The van der Waals surface area contributed by atoms with Crippen LogP contribution in [0.5, 0.6) is 5.75 Å². The number of ether oxygens (including phenoxy) is 1. The van der Waals surface area contributed by atoms with Crippen molar-refractivity contribution in [3.63, 3.8) is 0 Å². The fourth-order valence-electron chi connectivity index (χ4n) is 2.51. The van der Waals surface area contributed by atoms with Crippen molar-refractivity contribution < 1.29 is 9.53 Å². The molecule has 0 amide bonds. The number of nitrogens with zero attached hydrogens (tertiary/aromatic N) is 1. The number of hydrogen-bond acceptors (Lipinski definition) is 3. The number of Topliss-reactive ketones (excluding diaryl/α,β-unsaturated/α-hetero) is 1. The Bertz CT molecular complexity index is 399. The van der Waals surface area contributed by atoms with E-state index in [0.717, 1.165) is 38.0 Å². The van der Waals surface area contributed by atoms with Gasteiger partial charge in [-0.2, -0.15) is 0 Å². The molecule has 1 unspecified atom stereocenters. The highest BCUT2D eigenvalue weighted by atomic mass is 16.5. The summed E-state index contributed by atoms with van der Waals surface area (Å²) in [6.07, 6.45) is 3.92. The van der Waals surface area contributed by atoms with E-state index in [4.69, 9.17) is 4.74 Å². The van der Waals surface area contributed by atoms with Crippen LogP contribution in [-0.2, 0) is 4.79 Å². The SMILES string of the molecule is COc1ccc(N(C)CCC2CCCC2=O)cc1. The van der Waals surface area contributed by atoms with Crippen LogP contribution in [0, 0.1) is 5.92 Å². The van der Waals surface area contributed by atoms with Gasteiger partial charge in [0.15, 0.2) is 0 Å². The summed E-state index contributed by atoms with van der Waals surface area (Å²) in [6.45, 7) is 0.933. The number of rotatable bonds is 5. The topological polar surface area (TPSA) is 29.5 Å². The smallest absolute Gasteiger partial charge is 0.136 e. The van der Waals surface area contributed by atoms with Crippen molar-refractivity contribution in [3.8, 4) is 5.75 Å². The van der Waals surface area contributed by atoms with Crippen molar-refractivity contribution >= 4 is 11.5 Å². The van der Waals surface area contributed by atoms with Gasteiger partial charge in [0.1, 0.15) is 11.5 Å². The van der Waals surface area contributed by atoms with Crippen molar-refractivity contribution in [2.75, 3.05) is 25.6 Å². The van der Waals surface area contributed by atoms with Crippen molar-refractivity contribution in [2.24, 2.45) is 5.92 Å². The van der Waals surface area contributed by atoms with Gasteiger partial charge in [-0.1, -0.05) is 0 Å². The van der Waals surface area contributed by atoms with Gasteiger partial charge in [0, 0.05) is 31.6 Å². The number of ketones is 1. The maximum absolute atomic E-state index is 11.6. The molecule has 1 aromatic carbocycles. The van der Waals surface area contributed by atoms with Gasteiger partial charge >= 0.3 is 0 Å². The monoisotopic (exact) mass is 247 g/mol. The first kappa shape index (κ1) is 12.9. The number of carbonyl (C=O) groups is 1. The van der Waals surface area contributed by atoms with Gasteiger partial charge in [-0.15, -0.1) is 0 Å². The molecule has 0 heterocycles. The van der Waals surface area contributed by atoms with Gasteiger partial charge in [0.2, 0.25) is 0 Å². The van der Waals surface area contributed by atoms with Gasteiger partial charge in [-0.3, -0.25) is 4.79 Å². The van der Waals surface area contributed by atoms with Crippen LogP contribution >= 0.6 is 0 Å².